The SMILES string of the molecule is CNC(=O)NC(=O)[C@@H](C)OC(=O)CNS(=O)(=O)c1ccc2ccccc2c1. The van der Waals surface area contributed by atoms with Crippen LogP contribution in [0.15, 0.2) is 47.4 Å². The van der Waals surface area contributed by atoms with Gasteiger partial charge in [-0.25, -0.2) is 13.2 Å². The first kappa shape index (κ1) is 20.3. The van der Waals surface area contributed by atoms with Crippen molar-refractivity contribution in [3.05, 3.63) is 42.5 Å². The molecule has 0 spiro atoms. The quantitative estimate of drug-likeness (QED) is 0.613. The van der Waals surface area contributed by atoms with E-state index in [1.165, 1.54) is 26.1 Å². The summed E-state index contributed by atoms with van der Waals surface area (Å²) >= 11 is 0. The molecule has 10 heteroatoms. The molecule has 2 aromatic carbocycles. The van der Waals surface area contributed by atoms with Crippen molar-refractivity contribution in [1.82, 2.24) is 15.4 Å². The van der Waals surface area contributed by atoms with Crippen molar-refractivity contribution in [2.24, 2.45) is 0 Å². The van der Waals surface area contributed by atoms with Crippen LogP contribution in [0.4, 0.5) is 4.79 Å². The molecule has 0 saturated carbocycles. The maximum atomic E-state index is 12.3. The highest BCUT2D eigenvalue weighted by Crippen LogP contribution is 2.18. The molecule has 0 aliphatic rings. The minimum atomic E-state index is -3.94. The highest BCUT2D eigenvalue weighted by molar-refractivity contribution is 7.89. The largest absolute Gasteiger partial charge is 0.452 e. The zero-order valence-corrected chi connectivity index (χ0v) is 15.5. The fourth-order valence-corrected chi connectivity index (χ4v) is 3.14. The molecule has 144 valence electrons. The van der Waals surface area contributed by atoms with E-state index in [0.717, 1.165) is 10.8 Å². The van der Waals surface area contributed by atoms with Crippen molar-refractivity contribution < 1.29 is 27.5 Å². The summed E-state index contributed by atoms with van der Waals surface area (Å²) in [6.45, 7) is 0.598. The van der Waals surface area contributed by atoms with Crippen LogP contribution >= 0.6 is 0 Å². The average molecular weight is 393 g/mol. The van der Waals surface area contributed by atoms with Gasteiger partial charge >= 0.3 is 12.0 Å². The molecule has 2 aromatic rings. The monoisotopic (exact) mass is 393 g/mol. The third kappa shape index (κ3) is 5.50. The number of benzene rings is 2. The number of amides is 3. The Balaban J connectivity index is 1.96. The molecule has 0 aliphatic heterocycles. The van der Waals surface area contributed by atoms with E-state index < -0.39 is 40.6 Å². The molecule has 0 aliphatic carbocycles. The van der Waals surface area contributed by atoms with Crippen molar-refractivity contribution in [2.45, 2.75) is 17.9 Å². The molecule has 0 unspecified atom stereocenters. The fraction of sp³-hybridized carbons (Fsp3) is 0.235. The van der Waals surface area contributed by atoms with Gasteiger partial charge in [0.2, 0.25) is 10.0 Å². The Morgan fingerprint density at radius 3 is 2.41 bits per heavy atom. The van der Waals surface area contributed by atoms with Crippen molar-refractivity contribution in [2.75, 3.05) is 13.6 Å². The molecule has 2 rings (SSSR count). The van der Waals surface area contributed by atoms with Crippen molar-refractivity contribution in [3.8, 4) is 0 Å². The summed E-state index contributed by atoms with van der Waals surface area (Å²) in [4.78, 5) is 34.4. The van der Waals surface area contributed by atoms with Gasteiger partial charge in [-0.2, -0.15) is 4.72 Å². The predicted molar refractivity (Wildman–Crippen MR) is 97.3 cm³/mol. The maximum Gasteiger partial charge on any atom is 0.321 e. The summed E-state index contributed by atoms with van der Waals surface area (Å²) < 4.78 is 31.6. The summed E-state index contributed by atoms with van der Waals surface area (Å²) in [5, 5.41) is 5.74. The van der Waals surface area contributed by atoms with Gasteiger partial charge in [-0.15, -0.1) is 0 Å². The third-order valence-corrected chi connectivity index (χ3v) is 4.98. The lowest BCUT2D eigenvalue weighted by Gasteiger charge is -2.13. The number of carbonyl (C=O) groups excluding carboxylic acids is 3. The number of rotatable bonds is 6. The van der Waals surface area contributed by atoms with E-state index >= 15 is 0 Å². The molecule has 0 aromatic heterocycles. The van der Waals surface area contributed by atoms with E-state index in [9.17, 15) is 22.8 Å². The van der Waals surface area contributed by atoms with Crippen molar-refractivity contribution >= 4 is 38.7 Å². The molecule has 0 bridgehead atoms. The molecule has 3 N–H and O–H groups in total. The third-order valence-electron chi connectivity index (χ3n) is 3.58. The average Bonchev–Trinajstić information content (AvgIpc) is 2.65. The zero-order valence-electron chi connectivity index (χ0n) is 14.7. The summed E-state index contributed by atoms with van der Waals surface area (Å²) in [6.07, 6.45) is -1.26. The molecule has 0 radical (unpaired) electrons. The molecule has 1 atom stereocenters. The molecule has 0 saturated heterocycles. The molecule has 9 nitrogen and oxygen atoms in total. The fourth-order valence-electron chi connectivity index (χ4n) is 2.14. The highest BCUT2D eigenvalue weighted by atomic mass is 32.2. The van der Waals surface area contributed by atoms with Gasteiger partial charge in [-0.05, 0) is 29.8 Å². The van der Waals surface area contributed by atoms with Crippen LogP contribution in [0, 0.1) is 0 Å². The van der Waals surface area contributed by atoms with E-state index in [2.05, 4.69) is 10.0 Å². The number of esters is 1. The predicted octanol–water partition coefficient (Wildman–Crippen LogP) is 0.505. The number of carbonyl (C=O) groups is 3. The first-order chi connectivity index (χ1) is 12.7. The topological polar surface area (TPSA) is 131 Å². The highest BCUT2D eigenvalue weighted by Gasteiger charge is 2.21. The smallest absolute Gasteiger partial charge is 0.321 e. The Hall–Kier alpha value is -2.98. The van der Waals surface area contributed by atoms with Gasteiger partial charge in [-0.1, -0.05) is 30.3 Å². The number of nitrogens with one attached hydrogen (secondary N) is 3. The molecule has 27 heavy (non-hydrogen) atoms. The lowest BCUT2D eigenvalue weighted by atomic mass is 10.1. The Bertz CT molecular complexity index is 974. The van der Waals surface area contributed by atoms with Gasteiger partial charge in [0.05, 0.1) is 4.90 Å². The lowest BCUT2D eigenvalue weighted by Crippen LogP contribution is -2.44. The van der Waals surface area contributed by atoms with Crippen LogP contribution in [0.3, 0.4) is 0 Å². The Kier molecular flexibility index (Phi) is 6.48. The van der Waals surface area contributed by atoms with Gasteiger partial charge in [0.1, 0.15) is 6.54 Å². The van der Waals surface area contributed by atoms with Crippen molar-refractivity contribution in [1.29, 1.82) is 0 Å². The number of hydrogen-bond acceptors (Lipinski definition) is 6. The molecule has 0 fully saturated rings. The molecule has 0 heterocycles. The number of ether oxygens (including phenoxy) is 1. The number of sulfonamides is 1. The summed E-state index contributed by atoms with van der Waals surface area (Å²) in [6, 6.07) is 11.1. The second-order valence-corrected chi connectivity index (χ2v) is 7.30. The van der Waals surface area contributed by atoms with Crippen LogP contribution in [-0.2, 0) is 24.3 Å². The second kappa shape index (κ2) is 8.60. The van der Waals surface area contributed by atoms with Crippen LogP contribution in [0.5, 0.6) is 0 Å². The van der Waals surface area contributed by atoms with Gasteiger partial charge in [0, 0.05) is 7.05 Å². The number of urea groups is 1. The first-order valence-electron chi connectivity index (χ1n) is 7.93. The Morgan fingerprint density at radius 1 is 1.07 bits per heavy atom. The molecular formula is C17H19N3O6S. The number of imide groups is 1. The van der Waals surface area contributed by atoms with Gasteiger partial charge in [-0.3, -0.25) is 14.9 Å². The summed E-state index contributed by atoms with van der Waals surface area (Å²) in [5.74, 6) is -1.79. The minimum Gasteiger partial charge on any atom is -0.452 e. The molecule has 3 amide bonds. The van der Waals surface area contributed by atoms with Gasteiger partial charge < -0.3 is 10.1 Å². The van der Waals surface area contributed by atoms with Crippen LogP contribution in [0.25, 0.3) is 10.8 Å². The standard InChI is InChI=1S/C17H19N3O6S/c1-11(16(22)20-17(23)18-2)26-15(21)10-19-27(24,25)14-8-7-12-5-3-4-6-13(12)9-14/h3-9,11,19H,10H2,1-2H3,(H2,18,20,22,23)/t11-/m1/s1. The normalized spacial score (nSPS) is 12.2. The van der Waals surface area contributed by atoms with Crippen LogP contribution < -0.4 is 15.4 Å². The van der Waals surface area contributed by atoms with E-state index in [1.807, 2.05) is 17.4 Å². The minimum absolute atomic E-state index is 0.000548. The summed E-state index contributed by atoms with van der Waals surface area (Å²) in [7, 11) is -2.62. The van der Waals surface area contributed by atoms with E-state index in [-0.39, 0.29) is 4.90 Å². The zero-order chi connectivity index (χ0) is 20.0. The lowest BCUT2D eigenvalue weighted by molar-refractivity contribution is -0.153. The summed E-state index contributed by atoms with van der Waals surface area (Å²) in [5.41, 5.74) is 0. The number of hydrogen-bond donors (Lipinski definition) is 3. The van der Waals surface area contributed by atoms with Gasteiger partial charge in [0.15, 0.2) is 6.10 Å². The van der Waals surface area contributed by atoms with E-state index in [0.29, 0.717) is 0 Å². The van der Waals surface area contributed by atoms with Crippen LogP contribution in [0.2, 0.25) is 0 Å². The Morgan fingerprint density at radius 2 is 1.74 bits per heavy atom. The Labute approximate surface area is 156 Å². The molecular weight excluding hydrogens is 374 g/mol. The second-order valence-electron chi connectivity index (χ2n) is 5.53. The number of fused-ring (bicyclic) bond motifs is 1. The van der Waals surface area contributed by atoms with Crippen LogP contribution in [-0.4, -0.2) is 46.0 Å². The van der Waals surface area contributed by atoms with E-state index in [1.54, 1.807) is 18.2 Å². The first-order valence-corrected chi connectivity index (χ1v) is 9.42. The van der Waals surface area contributed by atoms with E-state index in [4.69, 9.17) is 4.74 Å². The van der Waals surface area contributed by atoms with Crippen molar-refractivity contribution in [3.63, 3.8) is 0 Å². The maximum absolute atomic E-state index is 12.3. The van der Waals surface area contributed by atoms with Gasteiger partial charge in [0.25, 0.3) is 5.91 Å². The van der Waals surface area contributed by atoms with Crippen LogP contribution in [0.1, 0.15) is 6.92 Å².